The van der Waals surface area contributed by atoms with Crippen molar-refractivity contribution in [1.29, 1.82) is 0 Å². The van der Waals surface area contributed by atoms with Gasteiger partial charge in [-0.2, -0.15) is 0 Å². The lowest BCUT2D eigenvalue weighted by molar-refractivity contribution is -0.200. The molecule has 2 aromatic carbocycles. The Morgan fingerprint density at radius 2 is 1.71 bits per heavy atom. The molecule has 1 aliphatic heterocycles. The monoisotopic (exact) mass is 559 g/mol. The van der Waals surface area contributed by atoms with Crippen LogP contribution in [-0.4, -0.2) is 38.5 Å². The normalized spacial score (nSPS) is 28.2. The second kappa shape index (κ2) is 12.0. The topological polar surface area (TPSA) is 83.1 Å². The molecule has 4 saturated carbocycles. The Kier molecular flexibility index (Phi) is 8.18. The number of carbonyl (C=O) groups excluding carboxylic acids is 2. The van der Waals surface area contributed by atoms with E-state index in [4.69, 9.17) is 19.0 Å². The molecule has 7 nitrogen and oxygen atoms in total. The summed E-state index contributed by atoms with van der Waals surface area (Å²) in [5.41, 5.74) is 7.52. The highest BCUT2D eigenvalue weighted by Gasteiger charge is 2.52. The van der Waals surface area contributed by atoms with Crippen LogP contribution in [0.3, 0.4) is 0 Å². The van der Waals surface area contributed by atoms with Gasteiger partial charge in [0, 0.05) is 13.0 Å². The molecule has 1 amide bonds. The molecule has 4 aliphatic carbocycles. The molecule has 5 aliphatic rings. The minimum absolute atomic E-state index is 0.143. The number of hydroxylamine groups is 1. The average molecular weight is 560 g/mol. The molecule has 1 unspecified atom stereocenters. The molecule has 7 rings (SSSR count). The minimum atomic E-state index is -0.390. The Balaban J connectivity index is 1.16. The van der Waals surface area contributed by atoms with Gasteiger partial charge in [0.15, 0.2) is 6.29 Å². The number of methoxy groups -OCH3 is 1. The number of benzene rings is 2. The van der Waals surface area contributed by atoms with Gasteiger partial charge in [0.1, 0.15) is 5.75 Å². The number of amides is 1. The second-order valence-electron chi connectivity index (χ2n) is 12.5. The molecule has 0 aromatic heterocycles. The largest absolute Gasteiger partial charge is 0.493 e. The van der Waals surface area contributed by atoms with Crippen LogP contribution in [0.4, 0.5) is 0 Å². The third-order valence-electron chi connectivity index (χ3n) is 9.61. The van der Waals surface area contributed by atoms with Crippen molar-refractivity contribution >= 4 is 17.4 Å². The first kappa shape index (κ1) is 28.0. The summed E-state index contributed by atoms with van der Waals surface area (Å²) in [4.78, 5) is 29.8. The molecule has 5 fully saturated rings. The van der Waals surface area contributed by atoms with Crippen LogP contribution in [-0.2, 0) is 29.3 Å². The quantitative estimate of drug-likeness (QED) is 0.208. The standard InChI is InChI=1S/C34H41NO6/c1-22(33(37)38-2)27-8-11-29(30(18-27)34-19-23-15-24(20-34)17-25(16-23)21-34)26-6-9-28(10-7-26)39-14-12-31(36)35-41-32-5-3-4-13-40-32/h6-11,18,23-25,32H,1,3-5,12-17,19-21H2,2H3,(H,35,36). The first-order valence-corrected chi connectivity index (χ1v) is 15.1. The maximum Gasteiger partial charge on any atom is 0.337 e. The molecular weight excluding hydrogens is 518 g/mol. The van der Waals surface area contributed by atoms with Crippen molar-refractivity contribution in [3.05, 3.63) is 60.2 Å². The first-order valence-electron chi connectivity index (χ1n) is 15.1. The zero-order chi connectivity index (χ0) is 28.4. The Morgan fingerprint density at radius 3 is 2.34 bits per heavy atom. The molecule has 4 bridgehead atoms. The van der Waals surface area contributed by atoms with Crippen molar-refractivity contribution in [1.82, 2.24) is 5.48 Å². The van der Waals surface area contributed by atoms with E-state index in [1.807, 2.05) is 18.2 Å². The zero-order valence-electron chi connectivity index (χ0n) is 24.0. The van der Waals surface area contributed by atoms with Gasteiger partial charge in [-0.3, -0.25) is 4.79 Å². The van der Waals surface area contributed by atoms with Crippen LogP contribution in [0.25, 0.3) is 16.7 Å². The van der Waals surface area contributed by atoms with E-state index in [0.29, 0.717) is 17.9 Å². The maximum absolute atomic E-state index is 12.3. The van der Waals surface area contributed by atoms with Crippen LogP contribution in [0.2, 0.25) is 0 Å². The SMILES string of the molecule is C=C(C(=O)OC)c1ccc(-c2ccc(OCCC(=O)NOC3CCCCO3)cc2)c(C23CC4CC(CC(C4)C2)C3)c1. The molecule has 0 spiro atoms. The summed E-state index contributed by atoms with van der Waals surface area (Å²) in [5.74, 6) is 2.49. The van der Waals surface area contributed by atoms with Crippen molar-refractivity contribution in [2.24, 2.45) is 17.8 Å². The highest BCUT2D eigenvalue weighted by molar-refractivity contribution is 6.15. The van der Waals surface area contributed by atoms with Gasteiger partial charge in [-0.15, -0.1) is 0 Å². The smallest absolute Gasteiger partial charge is 0.337 e. The predicted octanol–water partition coefficient (Wildman–Crippen LogP) is 6.35. The summed E-state index contributed by atoms with van der Waals surface area (Å²) in [6, 6.07) is 14.5. The van der Waals surface area contributed by atoms with Gasteiger partial charge >= 0.3 is 5.97 Å². The van der Waals surface area contributed by atoms with Gasteiger partial charge in [-0.05, 0) is 115 Å². The Hall–Kier alpha value is -3.16. The fraction of sp³-hybridized carbons (Fsp3) is 0.529. The summed E-state index contributed by atoms with van der Waals surface area (Å²) >= 11 is 0. The molecule has 1 saturated heterocycles. The van der Waals surface area contributed by atoms with Gasteiger partial charge in [-0.1, -0.05) is 30.8 Å². The fourth-order valence-corrected chi connectivity index (χ4v) is 8.08. The van der Waals surface area contributed by atoms with Crippen LogP contribution < -0.4 is 10.2 Å². The molecule has 1 atom stereocenters. The van der Waals surface area contributed by atoms with Crippen LogP contribution in [0.1, 0.15) is 75.3 Å². The van der Waals surface area contributed by atoms with Gasteiger partial charge in [0.25, 0.3) is 0 Å². The van der Waals surface area contributed by atoms with Crippen molar-refractivity contribution in [2.45, 2.75) is 75.9 Å². The highest BCUT2D eigenvalue weighted by Crippen LogP contribution is 2.62. The molecule has 2 aromatic rings. The number of carbonyl (C=O) groups is 2. The summed E-state index contributed by atoms with van der Waals surface area (Å²) in [5, 5.41) is 0. The maximum atomic E-state index is 12.3. The van der Waals surface area contributed by atoms with E-state index in [1.54, 1.807) is 0 Å². The summed E-state index contributed by atoms with van der Waals surface area (Å²) in [6.07, 6.45) is 10.5. The van der Waals surface area contributed by atoms with E-state index in [-0.39, 0.29) is 30.6 Å². The number of nitrogens with one attached hydrogen (secondary N) is 1. The molecule has 1 N–H and O–H groups in total. The predicted molar refractivity (Wildman–Crippen MR) is 156 cm³/mol. The Bertz CT molecular complexity index is 1240. The summed E-state index contributed by atoms with van der Waals surface area (Å²) in [6.45, 7) is 4.96. The van der Waals surface area contributed by atoms with Crippen molar-refractivity contribution in [2.75, 3.05) is 20.3 Å². The van der Waals surface area contributed by atoms with E-state index >= 15 is 0 Å². The third kappa shape index (κ3) is 6.07. The van der Waals surface area contributed by atoms with E-state index in [0.717, 1.165) is 48.1 Å². The average Bonchev–Trinajstić information content (AvgIpc) is 2.99. The van der Waals surface area contributed by atoms with Crippen LogP contribution >= 0.6 is 0 Å². The van der Waals surface area contributed by atoms with E-state index in [9.17, 15) is 9.59 Å². The lowest BCUT2D eigenvalue weighted by Gasteiger charge is -2.57. The highest BCUT2D eigenvalue weighted by atomic mass is 16.8. The van der Waals surface area contributed by atoms with Gasteiger partial charge < -0.3 is 14.2 Å². The van der Waals surface area contributed by atoms with Gasteiger partial charge in [-0.25, -0.2) is 15.1 Å². The van der Waals surface area contributed by atoms with E-state index in [1.165, 1.54) is 56.8 Å². The van der Waals surface area contributed by atoms with E-state index < -0.39 is 5.97 Å². The lowest BCUT2D eigenvalue weighted by atomic mass is 9.47. The molecule has 7 heteroatoms. The molecule has 1 heterocycles. The number of esters is 1. The number of hydrogen-bond donors (Lipinski definition) is 1. The van der Waals surface area contributed by atoms with Gasteiger partial charge in [0.2, 0.25) is 5.91 Å². The minimum Gasteiger partial charge on any atom is -0.493 e. The van der Waals surface area contributed by atoms with Crippen LogP contribution in [0, 0.1) is 17.8 Å². The van der Waals surface area contributed by atoms with Crippen molar-refractivity contribution < 1.29 is 28.6 Å². The van der Waals surface area contributed by atoms with Crippen molar-refractivity contribution in [3.8, 4) is 16.9 Å². The number of hydrogen-bond acceptors (Lipinski definition) is 6. The van der Waals surface area contributed by atoms with E-state index in [2.05, 4.69) is 36.3 Å². The second-order valence-corrected chi connectivity index (χ2v) is 12.5. The number of rotatable bonds is 10. The first-order chi connectivity index (χ1) is 19.9. The zero-order valence-corrected chi connectivity index (χ0v) is 24.0. The molecule has 41 heavy (non-hydrogen) atoms. The van der Waals surface area contributed by atoms with Crippen LogP contribution in [0.15, 0.2) is 49.0 Å². The van der Waals surface area contributed by atoms with Gasteiger partial charge in [0.05, 0.1) is 25.7 Å². The Morgan fingerprint density at radius 1 is 1.00 bits per heavy atom. The van der Waals surface area contributed by atoms with Crippen LogP contribution in [0.5, 0.6) is 5.75 Å². The lowest BCUT2D eigenvalue weighted by Crippen LogP contribution is -2.48. The van der Waals surface area contributed by atoms with Crippen molar-refractivity contribution in [3.63, 3.8) is 0 Å². The number of ether oxygens (including phenoxy) is 3. The molecule has 0 radical (unpaired) electrons. The Labute approximate surface area is 242 Å². The fourth-order valence-electron chi connectivity index (χ4n) is 8.08. The third-order valence-corrected chi connectivity index (χ3v) is 9.61. The molecular formula is C34H41NO6. The summed E-state index contributed by atoms with van der Waals surface area (Å²) < 4.78 is 16.3. The summed E-state index contributed by atoms with van der Waals surface area (Å²) in [7, 11) is 1.40. The molecule has 218 valence electrons.